The second kappa shape index (κ2) is 1.51. The summed E-state index contributed by atoms with van der Waals surface area (Å²) in [5.74, 6) is 0. The van der Waals surface area contributed by atoms with Crippen molar-refractivity contribution < 1.29 is 4.52 Å². The van der Waals surface area contributed by atoms with Crippen LogP contribution in [0.25, 0.3) is 11.0 Å². The van der Waals surface area contributed by atoms with Gasteiger partial charge >= 0.3 is 0 Å². The molecule has 0 fully saturated rings. The molecule has 4 nitrogen and oxygen atoms in total. The van der Waals surface area contributed by atoms with Crippen LogP contribution in [0.3, 0.4) is 0 Å². The predicted octanol–water partition coefficient (Wildman–Crippen LogP) is 0.618. The zero-order valence-corrected chi connectivity index (χ0v) is 4.48. The highest BCUT2D eigenvalue weighted by Crippen LogP contribution is 2.06. The maximum atomic E-state index is 4.77. The Bertz CT molecular complexity index is 286. The number of hydrogen-bond donors (Lipinski definition) is 0. The molecule has 0 aliphatic rings. The lowest BCUT2D eigenvalue weighted by atomic mass is 10.4. The lowest BCUT2D eigenvalue weighted by molar-refractivity contribution is 0.455. The van der Waals surface area contributed by atoms with Crippen LogP contribution in [-0.4, -0.2) is 15.4 Å². The van der Waals surface area contributed by atoms with Gasteiger partial charge in [-0.05, 0) is 0 Å². The molecular weight excluding hydrogens is 118 g/mol. The van der Waals surface area contributed by atoms with Gasteiger partial charge in [-0.15, -0.1) is 0 Å². The molecule has 0 unspecified atom stereocenters. The third-order valence-corrected chi connectivity index (χ3v) is 1.07. The van der Waals surface area contributed by atoms with E-state index in [0.29, 0.717) is 5.58 Å². The van der Waals surface area contributed by atoms with Gasteiger partial charge in [-0.3, -0.25) is 0 Å². The second-order valence-electron chi connectivity index (χ2n) is 1.63. The summed E-state index contributed by atoms with van der Waals surface area (Å²) in [6, 6.07) is 0. The molecule has 0 amide bonds. The first-order valence-electron chi connectivity index (χ1n) is 2.48. The molecule has 2 aromatic heterocycles. The van der Waals surface area contributed by atoms with E-state index < -0.39 is 0 Å². The van der Waals surface area contributed by atoms with E-state index in [1.165, 1.54) is 6.20 Å². The molecule has 0 saturated heterocycles. The van der Waals surface area contributed by atoms with Gasteiger partial charge in [0.15, 0.2) is 5.58 Å². The molecule has 44 valence electrons. The zero-order valence-electron chi connectivity index (χ0n) is 4.48. The smallest absolute Gasteiger partial charge is 0.188 e. The molecule has 9 heavy (non-hydrogen) atoms. The zero-order chi connectivity index (χ0) is 6.10. The normalized spacial score (nSPS) is 10.2. The molecule has 0 N–H and O–H groups in total. The van der Waals surface area contributed by atoms with Crippen LogP contribution in [0.15, 0.2) is 23.1 Å². The molecular formula is C5H3N3O. The van der Waals surface area contributed by atoms with Crippen molar-refractivity contribution in [2.24, 2.45) is 0 Å². The Morgan fingerprint density at radius 1 is 1.11 bits per heavy atom. The largest absolute Gasteiger partial charge is 0.355 e. The Labute approximate surface area is 50.5 Å². The highest BCUT2D eigenvalue weighted by atomic mass is 16.5. The lowest BCUT2D eigenvalue weighted by Gasteiger charge is -1.77. The van der Waals surface area contributed by atoms with Crippen molar-refractivity contribution in [3.05, 3.63) is 18.6 Å². The maximum absolute atomic E-state index is 4.77. The Balaban J connectivity index is 2.95. The van der Waals surface area contributed by atoms with Crippen LogP contribution in [0.4, 0.5) is 0 Å². The Morgan fingerprint density at radius 2 is 2.00 bits per heavy atom. The molecule has 0 spiro atoms. The van der Waals surface area contributed by atoms with Gasteiger partial charge in [-0.2, -0.15) is 10.2 Å². The van der Waals surface area contributed by atoms with E-state index in [9.17, 15) is 0 Å². The van der Waals surface area contributed by atoms with Gasteiger partial charge in [0.2, 0.25) is 0 Å². The lowest BCUT2D eigenvalue weighted by Crippen LogP contribution is -1.73. The summed E-state index contributed by atoms with van der Waals surface area (Å²) in [5.41, 5.74) is 0.671. The van der Waals surface area contributed by atoms with E-state index in [1.807, 2.05) is 0 Å². The van der Waals surface area contributed by atoms with Crippen molar-refractivity contribution in [2.75, 3.05) is 0 Å². The number of nitrogens with zero attached hydrogens (tertiary/aromatic N) is 3. The van der Waals surface area contributed by atoms with Crippen molar-refractivity contribution in [1.82, 2.24) is 15.4 Å². The number of aromatic nitrogens is 3. The quantitative estimate of drug-likeness (QED) is 0.512. The molecule has 2 rings (SSSR count). The second-order valence-corrected chi connectivity index (χ2v) is 1.63. The number of rotatable bonds is 0. The minimum absolute atomic E-state index is 0.671. The first kappa shape index (κ1) is 4.43. The maximum Gasteiger partial charge on any atom is 0.188 e. The standard InChI is InChI=1S/C5H3N3O/c1-4-2-8-9-5(4)3-7-6-1/h1-3H. The van der Waals surface area contributed by atoms with Gasteiger partial charge in [-0.25, -0.2) is 0 Å². The van der Waals surface area contributed by atoms with Crippen LogP contribution in [-0.2, 0) is 0 Å². The van der Waals surface area contributed by atoms with E-state index in [-0.39, 0.29) is 0 Å². The van der Waals surface area contributed by atoms with Crippen molar-refractivity contribution in [1.29, 1.82) is 0 Å². The molecule has 2 aromatic rings. The van der Waals surface area contributed by atoms with Gasteiger partial charge in [0, 0.05) is 0 Å². The first-order valence-corrected chi connectivity index (χ1v) is 2.48. The summed E-state index contributed by atoms with van der Waals surface area (Å²) in [7, 11) is 0. The highest BCUT2D eigenvalue weighted by Gasteiger charge is 1.93. The topological polar surface area (TPSA) is 51.8 Å². The third-order valence-electron chi connectivity index (χ3n) is 1.07. The van der Waals surface area contributed by atoms with Crippen LogP contribution in [0, 0.1) is 0 Å². The summed E-state index contributed by atoms with van der Waals surface area (Å²) in [5, 5.41) is 11.7. The number of fused-ring (bicyclic) bond motifs is 1. The molecule has 4 heteroatoms. The molecule has 0 radical (unpaired) electrons. The Morgan fingerprint density at radius 3 is 2.89 bits per heavy atom. The molecule has 0 aliphatic heterocycles. The molecule has 2 heterocycles. The van der Waals surface area contributed by atoms with Gasteiger partial charge in [0.05, 0.1) is 24.0 Å². The molecule has 0 aromatic carbocycles. The van der Waals surface area contributed by atoms with Crippen molar-refractivity contribution >= 4 is 11.0 Å². The van der Waals surface area contributed by atoms with E-state index in [2.05, 4.69) is 15.4 Å². The number of hydrogen-bond acceptors (Lipinski definition) is 4. The summed E-state index contributed by atoms with van der Waals surface area (Å²) in [4.78, 5) is 0. The summed E-state index contributed by atoms with van der Waals surface area (Å²) in [6.07, 6.45) is 4.73. The van der Waals surface area contributed by atoms with Crippen molar-refractivity contribution in [2.45, 2.75) is 0 Å². The van der Waals surface area contributed by atoms with E-state index in [1.54, 1.807) is 12.4 Å². The minimum atomic E-state index is 0.671. The van der Waals surface area contributed by atoms with E-state index in [0.717, 1.165) is 5.39 Å². The predicted molar refractivity (Wildman–Crippen MR) is 29.6 cm³/mol. The van der Waals surface area contributed by atoms with E-state index >= 15 is 0 Å². The molecule has 0 bridgehead atoms. The Hall–Kier alpha value is -1.45. The monoisotopic (exact) mass is 121 g/mol. The SMILES string of the molecule is c1nncc2oncc12. The highest BCUT2D eigenvalue weighted by molar-refractivity contribution is 5.72. The van der Waals surface area contributed by atoms with Crippen LogP contribution in [0.1, 0.15) is 0 Å². The minimum Gasteiger partial charge on any atom is -0.355 e. The average molecular weight is 121 g/mol. The third kappa shape index (κ3) is 0.561. The summed E-state index contributed by atoms with van der Waals surface area (Å²) < 4.78 is 4.77. The fourth-order valence-electron chi connectivity index (χ4n) is 0.633. The van der Waals surface area contributed by atoms with Crippen LogP contribution < -0.4 is 0 Å². The van der Waals surface area contributed by atoms with Crippen LogP contribution >= 0.6 is 0 Å². The van der Waals surface area contributed by atoms with Crippen LogP contribution in [0.2, 0.25) is 0 Å². The molecule has 0 aliphatic carbocycles. The summed E-state index contributed by atoms with van der Waals surface area (Å²) >= 11 is 0. The van der Waals surface area contributed by atoms with Crippen LogP contribution in [0.5, 0.6) is 0 Å². The van der Waals surface area contributed by atoms with Crippen molar-refractivity contribution in [3.63, 3.8) is 0 Å². The average Bonchev–Trinajstić information content (AvgIpc) is 2.33. The first-order chi connectivity index (χ1) is 4.47. The van der Waals surface area contributed by atoms with Gasteiger partial charge < -0.3 is 4.52 Å². The van der Waals surface area contributed by atoms with Gasteiger partial charge in [-0.1, -0.05) is 5.16 Å². The van der Waals surface area contributed by atoms with E-state index in [4.69, 9.17) is 4.52 Å². The van der Waals surface area contributed by atoms with Crippen molar-refractivity contribution in [3.8, 4) is 0 Å². The molecule has 0 atom stereocenters. The summed E-state index contributed by atoms with van der Waals surface area (Å²) in [6.45, 7) is 0. The molecule has 0 saturated carbocycles. The fraction of sp³-hybridized carbons (Fsp3) is 0. The van der Waals surface area contributed by atoms with Gasteiger partial charge in [0.1, 0.15) is 0 Å². The fourth-order valence-corrected chi connectivity index (χ4v) is 0.633. The van der Waals surface area contributed by atoms with Gasteiger partial charge in [0.25, 0.3) is 0 Å². The Kier molecular flexibility index (Phi) is 0.745.